The number of halogens is 2. The van der Waals surface area contributed by atoms with Crippen LogP contribution in [0, 0.1) is 6.92 Å². The highest BCUT2D eigenvalue weighted by Gasteiger charge is 2.23. The molecule has 1 amide bonds. The van der Waals surface area contributed by atoms with Crippen LogP contribution in [0.1, 0.15) is 55.0 Å². The smallest absolute Gasteiger partial charge is 0.282 e. The molecule has 0 radical (unpaired) electrons. The van der Waals surface area contributed by atoms with Crippen molar-refractivity contribution in [2.75, 3.05) is 19.0 Å². The summed E-state index contributed by atoms with van der Waals surface area (Å²) in [5.41, 5.74) is 2.66. The van der Waals surface area contributed by atoms with Gasteiger partial charge in [-0.15, -0.1) is 0 Å². The van der Waals surface area contributed by atoms with Gasteiger partial charge in [-0.05, 0) is 65.5 Å². The Morgan fingerprint density at radius 2 is 1.90 bits per heavy atom. The number of aromatic nitrogens is 2. The van der Waals surface area contributed by atoms with Gasteiger partial charge in [0, 0.05) is 21.6 Å². The second-order valence-electron chi connectivity index (χ2n) is 9.96. The summed E-state index contributed by atoms with van der Waals surface area (Å²) >= 11 is 10.2. The van der Waals surface area contributed by atoms with E-state index in [-0.39, 0.29) is 34.8 Å². The molecule has 10 heteroatoms. The molecule has 0 saturated heterocycles. The quantitative estimate of drug-likeness (QED) is 0.209. The number of carbonyl (C=O) groups is 1. The normalized spacial score (nSPS) is 14.0. The number of nitrogens with zero attached hydrogens (tertiary/aromatic N) is 3. The summed E-state index contributed by atoms with van der Waals surface area (Å²) in [5.74, 6) is 1.02. The van der Waals surface area contributed by atoms with E-state index < -0.39 is 0 Å². The lowest BCUT2D eigenvalue weighted by Crippen LogP contribution is -2.25. The molecule has 0 spiro atoms. The minimum absolute atomic E-state index is 0.154. The Balaban J connectivity index is 1.44. The van der Waals surface area contributed by atoms with Gasteiger partial charge in [0.05, 0.1) is 24.2 Å². The van der Waals surface area contributed by atoms with Crippen molar-refractivity contribution in [2.45, 2.75) is 44.9 Å². The van der Waals surface area contributed by atoms with Gasteiger partial charge in [-0.25, -0.2) is 4.98 Å². The first-order valence-electron chi connectivity index (χ1n) is 13.5. The van der Waals surface area contributed by atoms with Crippen molar-refractivity contribution in [1.82, 2.24) is 9.66 Å². The molecular formula is C31H30BrClN4O4. The number of nitrogens with one attached hydrogen (secondary N) is 1. The molecule has 1 aromatic heterocycles. The molecule has 0 aliphatic heterocycles. The molecule has 0 atom stereocenters. The zero-order chi connectivity index (χ0) is 28.9. The van der Waals surface area contributed by atoms with E-state index in [0.717, 1.165) is 31.2 Å². The zero-order valence-corrected chi connectivity index (χ0v) is 25.2. The Labute approximate surface area is 251 Å². The predicted octanol–water partition coefficient (Wildman–Crippen LogP) is 7.08. The van der Waals surface area contributed by atoms with E-state index in [4.69, 9.17) is 26.1 Å². The maximum absolute atomic E-state index is 13.5. The fourth-order valence-corrected chi connectivity index (χ4v) is 5.67. The highest BCUT2D eigenvalue weighted by molar-refractivity contribution is 9.10. The third kappa shape index (κ3) is 6.31. The van der Waals surface area contributed by atoms with Gasteiger partial charge in [0.2, 0.25) is 0 Å². The summed E-state index contributed by atoms with van der Waals surface area (Å²) < 4.78 is 13.2. The highest BCUT2D eigenvalue weighted by atomic mass is 79.9. The number of benzene rings is 3. The van der Waals surface area contributed by atoms with Gasteiger partial charge in [0.1, 0.15) is 10.8 Å². The van der Waals surface area contributed by atoms with Gasteiger partial charge in [-0.2, -0.15) is 9.78 Å². The van der Waals surface area contributed by atoms with E-state index >= 15 is 0 Å². The molecule has 0 unspecified atom stereocenters. The Morgan fingerprint density at radius 1 is 1.17 bits per heavy atom. The maximum Gasteiger partial charge on any atom is 0.282 e. The topological polar surface area (TPSA) is 94.8 Å². The molecule has 8 nitrogen and oxygen atoms in total. The van der Waals surface area contributed by atoms with Crippen LogP contribution in [-0.4, -0.2) is 35.5 Å². The zero-order valence-electron chi connectivity index (χ0n) is 22.8. The Hall–Kier alpha value is -3.69. The van der Waals surface area contributed by atoms with E-state index in [1.54, 1.807) is 18.3 Å². The first kappa shape index (κ1) is 28.8. The summed E-state index contributed by atoms with van der Waals surface area (Å²) in [5, 5.41) is 8.16. The van der Waals surface area contributed by atoms with Gasteiger partial charge >= 0.3 is 0 Å². The average molecular weight is 638 g/mol. The first-order chi connectivity index (χ1) is 19.9. The summed E-state index contributed by atoms with van der Waals surface area (Å²) in [4.78, 5) is 31.0. The van der Waals surface area contributed by atoms with Gasteiger partial charge in [0.25, 0.3) is 11.5 Å². The summed E-state index contributed by atoms with van der Waals surface area (Å²) in [6, 6.07) is 16.5. The molecule has 3 aromatic carbocycles. The molecule has 1 N–H and O–H groups in total. The van der Waals surface area contributed by atoms with Gasteiger partial charge < -0.3 is 14.8 Å². The van der Waals surface area contributed by atoms with Crippen molar-refractivity contribution < 1.29 is 14.3 Å². The van der Waals surface area contributed by atoms with E-state index in [0.29, 0.717) is 38.2 Å². The molecule has 1 aliphatic carbocycles. The number of anilines is 1. The number of rotatable bonds is 8. The molecule has 212 valence electrons. The summed E-state index contributed by atoms with van der Waals surface area (Å²) in [6.07, 6.45) is 6.86. The third-order valence-corrected chi connectivity index (χ3v) is 8.65. The van der Waals surface area contributed by atoms with Crippen LogP contribution in [0.4, 0.5) is 5.69 Å². The molecule has 5 rings (SSSR count). The van der Waals surface area contributed by atoms with Crippen LogP contribution in [0.15, 0.2) is 69.0 Å². The molecule has 1 aliphatic rings. The monoisotopic (exact) mass is 636 g/mol. The van der Waals surface area contributed by atoms with E-state index in [1.165, 1.54) is 18.2 Å². The summed E-state index contributed by atoms with van der Waals surface area (Å²) in [6.45, 7) is 1.64. The van der Waals surface area contributed by atoms with Crippen LogP contribution in [-0.2, 0) is 4.79 Å². The van der Waals surface area contributed by atoms with Crippen molar-refractivity contribution in [2.24, 2.45) is 5.10 Å². The van der Waals surface area contributed by atoms with Crippen molar-refractivity contribution >= 4 is 56.2 Å². The highest BCUT2D eigenvalue weighted by Crippen LogP contribution is 2.42. The van der Waals surface area contributed by atoms with Gasteiger partial charge in [-0.1, -0.05) is 61.2 Å². The second kappa shape index (κ2) is 12.9. The number of para-hydroxylation sites is 2. The minimum atomic E-state index is -0.336. The molecule has 1 saturated carbocycles. The van der Waals surface area contributed by atoms with Crippen molar-refractivity contribution in [3.8, 4) is 11.5 Å². The van der Waals surface area contributed by atoms with Crippen molar-refractivity contribution in [3.05, 3.63) is 91.4 Å². The fraction of sp³-hybridized carbons (Fsp3) is 0.290. The van der Waals surface area contributed by atoms with Gasteiger partial charge in [0.15, 0.2) is 18.1 Å². The minimum Gasteiger partial charge on any atom is -0.493 e. The Bertz CT molecular complexity index is 1680. The van der Waals surface area contributed by atoms with Crippen LogP contribution in [0.3, 0.4) is 0 Å². The molecule has 1 fully saturated rings. The number of ether oxygens (including phenoxy) is 2. The first-order valence-corrected chi connectivity index (χ1v) is 14.6. The summed E-state index contributed by atoms with van der Waals surface area (Å²) in [7, 11) is 1.49. The van der Waals surface area contributed by atoms with Crippen LogP contribution in [0.2, 0.25) is 5.02 Å². The van der Waals surface area contributed by atoms with E-state index in [9.17, 15) is 9.59 Å². The van der Waals surface area contributed by atoms with Crippen LogP contribution in [0.25, 0.3) is 10.9 Å². The number of fused-ring (bicyclic) bond motifs is 1. The SMILES string of the molecule is COc1cc(C=Nn2c(C3CCCCC3)nc3ccccc3c2=O)c(Br)c(Cl)c1OCC(=O)Nc1ccccc1C. The van der Waals surface area contributed by atoms with Gasteiger partial charge in [-0.3, -0.25) is 9.59 Å². The lowest BCUT2D eigenvalue weighted by molar-refractivity contribution is -0.118. The number of amides is 1. The standard InChI is InChI=1S/C31H30BrClN4O4/c1-19-10-6-8-14-23(19)35-26(38)18-41-29-25(40-2)16-21(27(32)28(29)33)17-34-37-30(20-11-4-3-5-12-20)36-24-15-9-7-13-22(24)31(37)39/h6-10,13-17,20H,3-5,11-12,18H2,1-2H3,(H,35,38). The maximum atomic E-state index is 13.5. The molecule has 41 heavy (non-hydrogen) atoms. The van der Waals surface area contributed by atoms with Crippen LogP contribution < -0.4 is 20.3 Å². The van der Waals surface area contributed by atoms with Crippen LogP contribution in [0.5, 0.6) is 11.5 Å². The second-order valence-corrected chi connectivity index (χ2v) is 11.1. The van der Waals surface area contributed by atoms with Crippen molar-refractivity contribution in [3.63, 3.8) is 0 Å². The van der Waals surface area contributed by atoms with E-state index in [2.05, 4.69) is 26.3 Å². The fourth-order valence-electron chi connectivity index (χ4n) is 5.02. The lowest BCUT2D eigenvalue weighted by Gasteiger charge is -2.22. The molecule has 1 heterocycles. The van der Waals surface area contributed by atoms with Crippen molar-refractivity contribution in [1.29, 1.82) is 0 Å². The lowest BCUT2D eigenvalue weighted by atomic mass is 9.88. The number of carbonyl (C=O) groups excluding carboxylic acids is 1. The largest absolute Gasteiger partial charge is 0.493 e. The van der Waals surface area contributed by atoms with Crippen LogP contribution >= 0.6 is 27.5 Å². The number of hydrogen-bond acceptors (Lipinski definition) is 6. The number of methoxy groups -OCH3 is 1. The average Bonchev–Trinajstić information content (AvgIpc) is 2.99. The third-order valence-electron chi connectivity index (χ3n) is 7.20. The Kier molecular flexibility index (Phi) is 9.05. The predicted molar refractivity (Wildman–Crippen MR) is 166 cm³/mol. The molecule has 0 bridgehead atoms. The number of aryl methyl sites for hydroxylation is 1. The molecule has 4 aromatic rings. The molecular weight excluding hydrogens is 608 g/mol. The Morgan fingerprint density at radius 3 is 2.66 bits per heavy atom. The number of hydrogen-bond donors (Lipinski definition) is 1. The van der Waals surface area contributed by atoms with E-state index in [1.807, 2.05) is 49.4 Å².